The minimum absolute atomic E-state index is 0.0867. The third-order valence-electron chi connectivity index (χ3n) is 1.43. The summed E-state index contributed by atoms with van der Waals surface area (Å²) < 4.78 is 0. The monoisotopic (exact) mass is 169 g/mol. The van der Waals surface area contributed by atoms with Gasteiger partial charge in [-0.2, -0.15) is 0 Å². The summed E-state index contributed by atoms with van der Waals surface area (Å²) >= 11 is 0. The molecule has 0 amide bonds. The molecular weight excluding hydrogens is 150 g/mol. The zero-order valence-corrected chi connectivity index (χ0v) is 8.22. The van der Waals surface area contributed by atoms with Crippen LogP contribution in [-0.2, 0) is 0 Å². The lowest BCUT2D eigenvalue weighted by molar-refractivity contribution is 0.143. The Balaban J connectivity index is 3.79. The summed E-state index contributed by atoms with van der Waals surface area (Å²) in [7, 11) is 0. The van der Waals surface area contributed by atoms with E-state index in [9.17, 15) is 5.11 Å². The Labute approximate surface area is 75.2 Å². The Kier molecular flexibility index (Phi) is 4.96. The predicted octanol–water partition coefficient (Wildman–Crippen LogP) is 1.28. The fourth-order valence-corrected chi connectivity index (χ4v) is 0.766. The van der Waals surface area contributed by atoms with E-state index in [2.05, 4.69) is 18.8 Å². The first-order valence-electron chi connectivity index (χ1n) is 4.46. The van der Waals surface area contributed by atoms with Crippen molar-refractivity contribution in [2.24, 2.45) is 5.73 Å². The van der Waals surface area contributed by atoms with Gasteiger partial charge in [0, 0.05) is 0 Å². The van der Waals surface area contributed by atoms with E-state index in [1.54, 1.807) is 13.8 Å². The summed E-state index contributed by atoms with van der Waals surface area (Å²) in [5, 5.41) is 9.26. The van der Waals surface area contributed by atoms with Crippen molar-refractivity contribution in [3.63, 3.8) is 0 Å². The first kappa shape index (κ1) is 11.5. The maximum Gasteiger partial charge on any atom is 0.120 e. The molecule has 0 aliphatic heterocycles. The molecule has 0 saturated heterocycles. The fraction of sp³-hybridized carbons (Fsp3) is 0.800. The second-order valence-corrected chi connectivity index (χ2v) is 3.58. The van der Waals surface area contributed by atoms with Gasteiger partial charge in [0.1, 0.15) is 5.60 Å². The number of aliphatic hydroxyl groups is 1. The van der Waals surface area contributed by atoms with Gasteiger partial charge < -0.3 is 10.8 Å². The van der Waals surface area contributed by atoms with E-state index in [4.69, 9.17) is 5.73 Å². The molecular formula is C10H19NO. The maximum atomic E-state index is 9.26. The predicted molar refractivity (Wildman–Crippen MR) is 51.6 cm³/mol. The van der Waals surface area contributed by atoms with Crippen molar-refractivity contribution in [1.82, 2.24) is 0 Å². The Morgan fingerprint density at radius 1 is 1.50 bits per heavy atom. The maximum absolute atomic E-state index is 9.26. The molecule has 0 spiro atoms. The summed E-state index contributed by atoms with van der Waals surface area (Å²) in [6.07, 6.45) is 3.15. The van der Waals surface area contributed by atoms with E-state index in [-0.39, 0.29) is 6.04 Å². The van der Waals surface area contributed by atoms with Crippen molar-refractivity contribution in [2.75, 3.05) is 0 Å². The standard InChI is InChI=1S/C10H19NO/c1-4-5-6-9(11)7-8-10(2,3)12/h9,12H,4-6,11H2,1-3H3. The van der Waals surface area contributed by atoms with Gasteiger partial charge in [0.25, 0.3) is 0 Å². The van der Waals surface area contributed by atoms with Crippen LogP contribution in [-0.4, -0.2) is 16.7 Å². The summed E-state index contributed by atoms with van der Waals surface area (Å²) in [4.78, 5) is 0. The normalized spacial score (nSPS) is 13.4. The van der Waals surface area contributed by atoms with Crippen molar-refractivity contribution in [1.29, 1.82) is 0 Å². The van der Waals surface area contributed by atoms with Gasteiger partial charge in [0.2, 0.25) is 0 Å². The van der Waals surface area contributed by atoms with Crippen LogP contribution in [0.15, 0.2) is 0 Å². The quantitative estimate of drug-likeness (QED) is 0.625. The van der Waals surface area contributed by atoms with Crippen LogP contribution < -0.4 is 5.73 Å². The van der Waals surface area contributed by atoms with Crippen LogP contribution in [0.4, 0.5) is 0 Å². The molecule has 0 aromatic rings. The van der Waals surface area contributed by atoms with Crippen LogP contribution in [0.1, 0.15) is 40.0 Å². The zero-order chi connectivity index (χ0) is 9.61. The molecule has 0 aromatic heterocycles. The van der Waals surface area contributed by atoms with E-state index >= 15 is 0 Å². The van der Waals surface area contributed by atoms with Gasteiger partial charge in [-0.05, 0) is 20.3 Å². The first-order valence-corrected chi connectivity index (χ1v) is 4.46. The van der Waals surface area contributed by atoms with E-state index < -0.39 is 5.60 Å². The molecule has 1 unspecified atom stereocenters. The highest BCUT2D eigenvalue weighted by Gasteiger charge is 2.06. The topological polar surface area (TPSA) is 46.2 Å². The lowest BCUT2D eigenvalue weighted by Gasteiger charge is -2.08. The molecule has 0 fully saturated rings. The van der Waals surface area contributed by atoms with Crippen molar-refractivity contribution in [3.05, 3.63) is 0 Å². The summed E-state index contributed by atoms with van der Waals surface area (Å²) in [6, 6.07) is -0.0867. The lowest BCUT2D eigenvalue weighted by Crippen LogP contribution is -2.20. The highest BCUT2D eigenvalue weighted by atomic mass is 16.3. The van der Waals surface area contributed by atoms with E-state index in [1.165, 1.54) is 0 Å². The molecule has 70 valence electrons. The number of hydrogen-bond donors (Lipinski definition) is 2. The lowest BCUT2D eigenvalue weighted by atomic mass is 10.1. The Bertz CT molecular complexity index is 171. The summed E-state index contributed by atoms with van der Waals surface area (Å²) in [5.74, 6) is 5.55. The van der Waals surface area contributed by atoms with Gasteiger partial charge in [0.05, 0.1) is 6.04 Å². The molecule has 0 aromatic carbocycles. The van der Waals surface area contributed by atoms with Gasteiger partial charge in [-0.3, -0.25) is 0 Å². The molecule has 2 nitrogen and oxygen atoms in total. The molecule has 0 bridgehead atoms. The first-order chi connectivity index (χ1) is 5.45. The Morgan fingerprint density at radius 2 is 2.08 bits per heavy atom. The van der Waals surface area contributed by atoms with Crippen LogP contribution in [0, 0.1) is 11.8 Å². The van der Waals surface area contributed by atoms with Gasteiger partial charge in [-0.25, -0.2) is 0 Å². The zero-order valence-electron chi connectivity index (χ0n) is 8.22. The minimum atomic E-state index is -0.913. The van der Waals surface area contributed by atoms with Crippen molar-refractivity contribution < 1.29 is 5.11 Å². The number of rotatable bonds is 3. The largest absolute Gasteiger partial charge is 0.378 e. The van der Waals surface area contributed by atoms with Gasteiger partial charge in [-0.1, -0.05) is 31.6 Å². The van der Waals surface area contributed by atoms with Crippen LogP contribution in [0.25, 0.3) is 0 Å². The van der Waals surface area contributed by atoms with Crippen molar-refractivity contribution in [3.8, 4) is 11.8 Å². The molecule has 12 heavy (non-hydrogen) atoms. The third kappa shape index (κ3) is 7.59. The SMILES string of the molecule is CCCCC(N)C#CC(C)(C)O. The Hall–Kier alpha value is -0.520. The highest BCUT2D eigenvalue weighted by Crippen LogP contribution is 2.00. The van der Waals surface area contributed by atoms with Crippen LogP contribution in [0.2, 0.25) is 0 Å². The number of hydrogen-bond acceptors (Lipinski definition) is 2. The van der Waals surface area contributed by atoms with Gasteiger partial charge in [-0.15, -0.1) is 0 Å². The highest BCUT2D eigenvalue weighted by molar-refractivity contribution is 5.14. The third-order valence-corrected chi connectivity index (χ3v) is 1.43. The summed E-state index contributed by atoms with van der Waals surface area (Å²) in [5.41, 5.74) is 4.77. The second-order valence-electron chi connectivity index (χ2n) is 3.58. The molecule has 0 saturated carbocycles. The molecule has 0 aliphatic carbocycles. The number of nitrogens with two attached hydrogens (primary N) is 1. The molecule has 1 atom stereocenters. The molecule has 0 radical (unpaired) electrons. The minimum Gasteiger partial charge on any atom is -0.378 e. The van der Waals surface area contributed by atoms with Crippen LogP contribution in [0.5, 0.6) is 0 Å². The van der Waals surface area contributed by atoms with Crippen molar-refractivity contribution in [2.45, 2.75) is 51.7 Å². The molecule has 0 aliphatic rings. The summed E-state index contributed by atoms with van der Waals surface area (Å²) in [6.45, 7) is 5.44. The smallest absolute Gasteiger partial charge is 0.120 e. The molecule has 2 heteroatoms. The average molecular weight is 169 g/mol. The van der Waals surface area contributed by atoms with Crippen molar-refractivity contribution >= 4 is 0 Å². The molecule has 3 N–H and O–H groups in total. The van der Waals surface area contributed by atoms with E-state index in [0.29, 0.717) is 0 Å². The van der Waals surface area contributed by atoms with Gasteiger partial charge in [0.15, 0.2) is 0 Å². The van der Waals surface area contributed by atoms with Gasteiger partial charge >= 0.3 is 0 Å². The number of unbranched alkanes of at least 4 members (excludes halogenated alkanes) is 1. The molecule has 0 heterocycles. The van der Waals surface area contributed by atoms with E-state index in [1.807, 2.05) is 0 Å². The van der Waals surface area contributed by atoms with E-state index in [0.717, 1.165) is 19.3 Å². The van der Waals surface area contributed by atoms with Crippen LogP contribution >= 0.6 is 0 Å². The van der Waals surface area contributed by atoms with Crippen LogP contribution in [0.3, 0.4) is 0 Å². The molecule has 0 rings (SSSR count). The Morgan fingerprint density at radius 3 is 2.50 bits per heavy atom. The average Bonchev–Trinajstić information content (AvgIpc) is 1.95. The second kappa shape index (κ2) is 5.18. The fourth-order valence-electron chi connectivity index (χ4n) is 0.766.